The second kappa shape index (κ2) is 7.94. The summed E-state index contributed by atoms with van der Waals surface area (Å²) in [7, 11) is 0. The number of carbonyl (C=O) groups excluding carboxylic acids is 1. The Morgan fingerprint density at radius 2 is 2.00 bits per heavy atom. The number of unbranched alkanes of at least 4 members (excludes halogenated alkanes) is 1. The van der Waals surface area contributed by atoms with E-state index in [-0.39, 0.29) is 11.9 Å². The summed E-state index contributed by atoms with van der Waals surface area (Å²) in [4.78, 5) is 22.5. The lowest BCUT2D eigenvalue weighted by molar-refractivity contribution is -0.147. The minimum atomic E-state index is -0.950. The maximum absolute atomic E-state index is 11.9. The first-order chi connectivity index (χ1) is 10.6. The van der Waals surface area contributed by atoms with Gasteiger partial charge in [-0.15, -0.1) is 0 Å². The van der Waals surface area contributed by atoms with Crippen LogP contribution in [-0.2, 0) is 20.9 Å². The Labute approximate surface area is 130 Å². The molecule has 2 rings (SSSR count). The molecule has 1 aromatic carbocycles. The van der Waals surface area contributed by atoms with Crippen molar-refractivity contribution < 1.29 is 19.4 Å². The first-order valence-electron chi connectivity index (χ1n) is 7.77. The molecule has 1 aliphatic rings. The predicted molar refractivity (Wildman–Crippen MR) is 81.9 cm³/mol. The number of nitrogens with two attached hydrogens (primary N) is 1. The molecule has 0 aliphatic heterocycles. The second-order valence-corrected chi connectivity index (χ2v) is 5.92. The minimum Gasteiger partial charge on any atom is -0.480 e. The largest absolute Gasteiger partial charge is 0.480 e. The first kappa shape index (κ1) is 16.5. The molecule has 3 atom stereocenters. The predicted octanol–water partition coefficient (Wildman–Crippen LogP) is 2.34. The van der Waals surface area contributed by atoms with Crippen molar-refractivity contribution in [1.82, 2.24) is 0 Å². The number of carboxylic acid groups (broad SMARTS) is 1. The highest BCUT2D eigenvalue weighted by Crippen LogP contribution is 2.43. The van der Waals surface area contributed by atoms with Gasteiger partial charge in [0.2, 0.25) is 0 Å². The number of esters is 1. The molecule has 0 radical (unpaired) electrons. The summed E-state index contributed by atoms with van der Waals surface area (Å²) >= 11 is 0. The third-order valence-electron chi connectivity index (χ3n) is 4.11. The number of benzene rings is 1. The summed E-state index contributed by atoms with van der Waals surface area (Å²) in [6.45, 7) is 0.330. The SMILES string of the molecule is NC(CCCCC1C[C@@H]1C(=O)OCc1ccccc1)C(=O)O. The standard InChI is InChI=1S/C17H23NO4/c18-15(16(19)20)9-5-4-8-13-10-14(13)17(21)22-11-12-6-2-1-3-7-12/h1-3,6-7,13-15H,4-5,8-11,18H2,(H,19,20)/t13?,14-,15?/m0/s1. The highest BCUT2D eigenvalue weighted by molar-refractivity contribution is 5.75. The van der Waals surface area contributed by atoms with Crippen LogP contribution in [0.4, 0.5) is 0 Å². The fourth-order valence-corrected chi connectivity index (χ4v) is 2.59. The highest BCUT2D eigenvalue weighted by atomic mass is 16.5. The number of hydrogen-bond acceptors (Lipinski definition) is 4. The molecule has 3 N–H and O–H groups in total. The summed E-state index contributed by atoms with van der Waals surface area (Å²) in [5.74, 6) is -0.647. The number of ether oxygens (including phenoxy) is 1. The zero-order valence-electron chi connectivity index (χ0n) is 12.6. The van der Waals surface area contributed by atoms with E-state index in [1.54, 1.807) is 0 Å². The van der Waals surface area contributed by atoms with Crippen LogP contribution in [0.1, 0.15) is 37.7 Å². The van der Waals surface area contributed by atoms with Crippen LogP contribution in [0.5, 0.6) is 0 Å². The van der Waals surface area contributed by atoms with E-state index in [1.807, 2.05) is 30.3 Å². The maximum atomic E-state index is 11.9. The van der Waals surface area contributed by atoms with Gasteiger partial charge in [-0.2, -0.15) is 0 Å². The van der Waals surface area contributed by atoms with E-state index in [1.165, 1.54) is 0 Å². The summed E-state index contributed by atoms with van der Waals surface area (Å²) in [6, 6.07) is 8.87. The van der Waals surface area contributed by atoms with E-state index in [9.17, 15) is 9.59 Å². The van der Waals surface area contributed by atoms with Gasteiger partial charge in [0.05, 0.1) is 5.92 Å². The van der Waals surface area contributed by atoms with E-state index < -0.39 is 12.0 Å². The molecule has 1 saturated carbocycles. The van der Waals surface area contributed by atoms with Crippen LogP contribution in [0.15, 0.2) is 30.3 Å². The fourth-order valence-electron chi connectivity index (χ4n) is 2.59. The highest BCUT2D eigenvalue weighted by Gasteiger charge is 2.43. The van der Waals surface area contributed by atoms with Crippen LogP contribution >= 0.6 is 0 Å². The lowest BCUT2D eigenvalue weighted by atomic mass is 10.1. The van der Waals surface area contributed by atoms with Crippen molar-refractivity contribution in [3.63, 3.8) is 0 Å². The lowest BCUT2D eigenvalue weighted by Crippen LogP contribution is -2.29. The van der Waals surface area contributed by atoms with Crippen molar-refractivity contribution in [3.05, 3.63) is 35.9 Å². The summed E-state index contributed by atoms with van der Waals surface area (Å²) < 4.78 is 5.32. The van der Waals surface area contributed by atoms with E-state index in [0.717, 1.165) is 31.2 Å². The van der Waals surface area contributed by atoms with Crippen molar-refractivity contribution in [2.75, 3.05) is 0 Å². The maximum Gasteiger partial charge on any atom is 0.320 e. The van der Waals surface area contributed by atoms with Gasteiger partial charge in [0.1, 0.15) is 12.6 Å². The van der Waals surface area contributed by atoms with Crippen molar-refractivity contribution in [2.45, 2.75) is 44.8 Å². The average Bonchev–Trinajstić information content (AvgIpc) is 3.29. The molecule has 2 unspecified atom stereocenters. The zero-order chi connectivity index (χ0) is 15.9. The number of carboxylic acids is 1. The van der Waals surface area contributed by atoms with E-state index in [0.29, 0.717) is 18.9 Å². The van der Waals surface area contributed by atoms with Crippen molar-refractivity contribution in [3.8, 4) is 0 Å². The Kier molecular flexibility index (Phi) is 5.95. The summed E-state index contributed by atoms with van der Waals surface area (Å²) in [5.41, 5.74) is 6.44. The number of rotatable bonds is 9. The molecule has 1 fully saturated rings. The Bertz CT molecular complexity index is 503. The Morgan fingerprint density at radius 3 is 2.68 bits per heavy atom. The van der Waals surface area contributed by atoms with E-state index in [4.69, 9.17) is 15.6 Å². The van der Waals surface area contributed by atoms with Crippen molar-refractivity contribution >= 4 is 11.9 Å². The average molecular weight is 305 g/mol. The number of aliphatic carboxylic acids is 1. The molecule has 0 aromatic heterocycles. The molecule has 0 saturated heterocycles. The molecule has 0 heterocycles. The van der Waals surface area contributed by atoms with Gasteiger partial charge < -0.3 is 15.6 Å². The molecular weight excluding hydrogens is 282 g/mol. The molecule has 5 heteroatoms. The van der Waals surface area contributed by atoms with Crippen LogP contribution in [-0.4, -0.2) is 23.1 Å². The molecule has 22 heavy (non-hydrogen) atoms. The molecular formula is C17H23NO4. The topological polar surface area (TPSA) is 89.6 Å². The molecule has 0 bridgehead atoms. The molecule has 1 aliphatic carbocycles. The monoisotopic (exact) mass is 305 g/mol. The van der Waals surface area contributed by atoms with Crippen LogP contribution in [0.3, 0.4) is 0 Å². The summed E-state index contributed by atoms with van der Waals surface area (Å²) in [6.07, 6.45) is 4.02. The molecule has 5 nitrogen and oxygen atoms in total. The third kappa shape index (κ3) is 5.15. The molecule has 0 spiro atoms. The van der Waals surface area contributed by atoms with Crippen LogP contribution in [0.2, 0.25) is 0 Å². The number of carbonyl (C=O) groups is 2. The molecule has 120 valence electrons. The molecule has 1 aromatic rings. The van der Waals surface area contributed by atoms with Crippen LogP contribution in [0, 0.1) is 11.8 Å². The third-order valence-corrected chi connectivity index (χ3v) is 4.11. The zero-order valence-corrected chi connectivity index (χ0v) is 12.6. The Hall–Kier alpha value is -1.88. The quantitative estimate of drug-likeness (QED) is 0.540. The first-order valence-corrected chi connectivity index (χ1v) is 7.77. The van der Waals surface area contributed by atoms with Gasteiger partial charge in [0.25, 0.3) is 0 Å². The smallest absolute Gasteiger partial charge is 0.320 e. The lowest BCUT2D eigenvalue weighted by Gasteiger charge is -2.06. The summed E-state index contributed by atoms with van der Waals surface area (Å²) in [5, 5.41) is 8.68. The Balaban J connectivity index is 1.57. The Morgan fingerprint density at radius 1 is 1.27 bits per heavy atom. The molecule has 0 amide bonds. The minimum absolute atomic E-state index is 0.0249. The van der Waals surface area contributed by atoms with E-state index in [2.05, 4.69) is 0 Å². The van der Waals surface area contributed by atoms with Gasteiger partial charge in [0, 0.05) is 0 Å². The van der Waals surface area contributed by atoms with Gasteiger partial charge in [-0.1, -0.05) is 43.2 Å². The number of hydrogen-bond donors (Lipinski definition) is 2. The van der Waals surface area contributed by atoms with Crippen molar-refractivity contribution in [2.24, 2.45) is 17.6 Å². The fraction of sp³-hybridized carbons (Fsp3) is 0.529. The van der Waals surface area contributed by atoms with Gasteiger partial charge >= 0.3 is 11.9 Å². The van der Waals surface area contributed by atoms with Gasteiger partial charge in [-0.05, 0) is 30.7 Å². The second-order valence-electron chi connectivity index (χ2n) is 5.92. The van der Waals surface area contributed by atoms with Gasteiger partial charge in [-0.25, -0.2) is 0 Å². The van der Waals surface area contributed by atoms with Gasteiger partial charge in [-0.3, -0.25) is 9.59 Å². The normalized spacial score (nSPS) is 21.1. The van der Waals surface area contributed by atoms with Gasteiger partial charge in [0.15, 0.2) is 0 Å². The van der Waals surface area contributed by atoms with Crippen LogP contribution in [0.25, 0.3) is 0 Å². The van der Waals surface area contributed by atoms with E-state index >= 15 is 0 Å². The van der Waals surface area contributed by atoms with Crippen LogP contribution < -0.4 is 5.73 Å². The van der Waals surface area contributed by atoms with Crippen molar-refractivity contribution in [1.29, 1.82) is 0 Å².